The molecule has 5 nitrogen and oxygen atoms in total. The highest BCUT2D eigenvalue weighted by Gasteiger charge is 2.73. The van der Waals surface area contributed by atoms with Crippen LogP contribution in [0, 0.1) is 34.5 Å². The standard InChI is InChI=1S/C34H40ClN2O3P/c35-41(40,33-17-23-11-24(18-33)14-31(13-23,21-33)29(38)36-27-7-3-1-4-8-27)34-19-25-12-26(20-34)16-32(15-25,22-34)30(39)37-28-9-5-2-6-10-28/h1-10,23-26H,11-22H2,(H,36,38)(H,37,39)/t23-,24-,25-,26+,31?,32?,33?,34?,41?/m0/s1. The van der Waals surface area contributed by atoms with E-state index in [4.69, 9.17) is 11.2 Å². The molecule has 0 saturated heterocycles. The van der Waals surface area contributed by atoms with E-state index >= 15 is 4.57 Å². The molecule has 216 valence electrons. The molecule has 0 radical (unpaired) electrons. The second kappa shape index (κ2) is 8.96. The van der Waals surface area contributed by atoms with Crippen molar-refractivity contribution in [3.63, 3.8) is 0 Å². The average Bonchev–Trinajstić information content (AvgIpc) is 2.93. The monoisotopic (exact) mass is 590 g/mol. The van der Waals surface area contributed by atoms with Crippen molar-refractivity contribution in [3.8, 4) is 0 Å². The van der Waals surface area contributed by atoms with E-state index in [9.17, 15) is 9.59 Å². The highest BCUT2D eigenvalue weighted by atomic mass is 35.7. The minimum Gasteiger partial charge on any atom is -0.326 e. The number of carbonyl (C=O) groups is 2. The van der Waals surface area contributed by atoms with Gasteiger partial charge in [-0.3, -0.25) is 9.59 Å². The Morgan fingerprint density at radius 2 is 0.951 bits per heavy atom. The largest absolute Gasteiger partial charge is 0.326 e. The lowest BCUT2D eigenvalue weighted by molar-refractivity contribution is -0.140. The Hall–Kier alpha value is -2.10. The second-order valence-corrected chi connectivity index (χ2v) is 19.5. The molecule has 2 aromatic carbocycles. The molecule has 8 aliphatic carbocycles. The summed E-state index contributed by atoms with van der Waals surface area (Å²) >= 11 is 7.72. The fourth-order valence-electron chi connectivity index (χ4n) is 11.7. The Balaban J connectivity index is 1.13. The van der Waals surface area contributed by atoms with Crippen molar-refractivity contribution in [1.29, 1.82) is 0 Å². The number of benzene rings is 2. The van der Waals surface area contributed by atoms with Crippen LogP contribution in [0.1, 0.15) is 77.0 Å². The van der Waals surface area contributed by atoms with E-state index in [-0.39, 0.29) is 11.8 Å². The number of anilines is 2. The van der Waals surface area contributed by atoms with Crippen molar-refractivity contribution < 1.29 is 14.2 Å². The van der Waals surface area contributed by atoms with E-state index in [1.54, 1.807) is 0 Å². The summed E-state index contributed by atoms with van der Waals surface area (Å²) in [5, 5.41) is 5.44. The van der Waals surface area contributed by atoms with Gasteiger partial charge in [0.25, 0.3) is 0 Å². The molecule has 3 unspecified atom stereocenters. The van der Waals surface area contributed by atoms with Crippen LogP contribution in [0.4, 0.5) is 11.4 Å². The van der Waals surface area contributed by atoms with Gasteiger partial charge >= 0.3 is 0 Å². The molecule has 7 heteroatoms. The predicted octanol–water partition coefficient (Wildman–Crippen LogP) is 8.46. The Kier molecular flexibility index (Phi) is 5.79. The zero-order chi connectivity index (χ0) is 28.1. The molecule has 10 rings (SSSR count). The van der Waals surface area contributed by atoms with Crippen molar-refractivity contribution >= 4 is 40.9 Å². The van der Waals surface area contributed by atoms with Crippen LogP contribution in [0.3, 0.4) is 0 Å². The van der Waals surface area contributed by atoms with Crippen molar-refractivity contribution in [1.82, 2.24) is 0 Å². The van der Waals surface area contributed by atoms with Gasteiger partial charge < -0.3 is 15.2 Å². The molecule has 0 aliphatic heterocycles. The molecule has 2 amide bonds. The maximum atomic E-state index is 15.7. The van der Waals surface area contributed by atoms with Crippen LogP contribution in [0.15, 0.2) is 60.7 Å². The lowest BCUT2D eigenvalue weighted by Crippen LogP contribution is -2.63. The zero-order valence-electron chi connectivity index (χ0n) is 23.6. The Morgan fingerprint density at radius 3 is 1.29 bits per heavy atom. The number of hydrogen-bond acceptors (Lipinski definition) is 3. The highest BCUT2D eigenvalue weighted by molar-refractivity contribution is 7.91. The number of carbonyl (C=O) groups excluding carboxylic acids is 2. The summed E-state index contributed by atoms with van der Waals surface area (Å²) in [4.78, 5) is 28.0. The quantitative estimate of drug-likeness (QED) is 0.331. The first kappa shape index (κ1) is 26.5. The maximum absolute atomic E-state index is 15.7. The van der Waals surface area contributed by atoms with Gasteiger partial charge in [-0.05, 0) is 125 Å². The molecule has 2 aromatic rings. The molecule has 0 spiro atoms. The summed E-state index contributed by atoms with van der Waals surface area (Å²) in [5.41, 5.74) is 0.636. The van der Waals surface area contributed by atoms with Crippen LogP contribution in [0.25, 0.3) is 0 Å². The molecule has 7 atom stereocenters. The second-order valence-electron chi connectivity index (χ2n) is 15.1. The minimum absolute atomic E-state index is 0.0862. The third-order valence-electron chi connectivity index (χ3n) is 12.3. The van der Waals surface area contributed by atoms with Gasteiger partial charge in [-0.15, -0.1) is 0 Å². The van der Waals surface area contributed by atoms with E-state index in [1.807, 2.05) is 60.7 Å². The van der Waals surface area contributed by atoms with Gasteiger partial charge in [-0.25, -0.2) is 0 Å². The summed E-state index contributed by atoms with van der Waals surface area (Å²) in [6, 6.07) is 19.5. The Bertz CT molecular complexity index is 1310. The zero-order valence-corrected chi connectivity index (χ0v) is 25.3. The molecule has 41 heavy (non-hydrogen) atoms. The van der Waals surface area contributed by atoms with E-state index < -0.39 is 27.6 Å². The molecular weight excluding hydrogens is 551 g/mol. The smallest absolute Gasteiger partial charge is 0.230 e. The molecule has 8 bridgehead atoms. The van der Waals surface area contributed by atoms with Gasteiger partial charge in [0, 0.05) is 21.7 Å². The van der Waals surface area contributed by atoms with Crippen LogP contribution >= 0.6 is 17.7 Å². The first-order valence-electron chi connectivity index (χ1n) is 15.7. The van der Waals surface area contributed by atoms with Crippen molar-refractivity contribution in [2.24, 2.45) is 34.5 Å². The number of rotatable bonds is 6. The summed E-state index contributed by atoms with van der Waals surface area (Å²) in [6.45, 7) is -3.31. The van der Waals surface area contributed by atoms with Gasteiger partial charge in [0.15, 0.2) is 6.49 Å². The molecular formula is C34H40ClN2O3P. The fourth-order valence-corrected chi connectivity index (χ4v) is 16.9. The lowest BCUT2D eigenvalue weighted by atomic mass is 9.48. The molecule has 8 saturated carbocycles. The summed E-state index contributed by atoms with van der Waals surface area (Å²) in [6.07, 6.45) is 10.5. The summed E-state index contributed by atoms with van der Waals surface area (Å²) in [7, 11) is 0. The average molecular weight is 591 g/mol. The normalized spacial score (nSPS) is 43.0. The van der Waals surface area contributed by atoms with Crippen LogP contribution in [-0.2, 0) is 14.2 Å². The summed E-state index contributed by atoms with van der Waals surface area (Å²) < 4.78 is 15.7. The summed E-state index contributed by atoms with van der Waals surface area (Å²) in [5.74, 6) is 1.76. The van der Waals surface area contributed by atoms with Crippen LogP contribution in [0.2, 0.25) is 0 Å². The van der Waals surface area contributed by atoms with Gasteiger partial charge in [0.05, 0.1) is 10.8 Å². The highest BCUT2D eigenvalue weighted by Crippen LogP contribution is 2.87. The van der Waals surface area contributed by atoms with Gasteiger partial charge in [0.2, 0.25) is 11.8 Å². The van der Waals surface area contributed by atoms with E-state index in [0.717, 1.165) is 75.6 Å². The van der Waals surface area contributed by atoms with Crippen LogP contribution in [0.5, 0.6) is 0 Å². The first-order valence-corrected chi connectivity index (χ1v) is 18.3. The van der Waals surface area contributed by atoms with Crippen molar-refractivity contribution in [3.05, 3.63) is 60.7 Å². The number of hydrogen-bond donors (Lipinski definition) is 2. The topological polar surface area (TPSA) is 75.3 Å². The predicted molar refractivity (Wildman–Crippen MR) is 163 cm³/mol. The van der Waals surface area contributed by atoms with Crippen molar-refractivity contribution in [2.45, 2.75) is 87.4 Å². The lowest BCUT2D eigenvalue weighted by Gasteiger charge is -2.68. The third-order valence-corrected chi connectivity index (χ3v) is 17.9. The molecule has 0 heterocycles. The van der Waals surface area contributed by atoms with Gasteiger partial charge in [0.1, 0.15) is 0 Å². The fraction of sp³-hybridized carbons (Fsp3) is 0.588. The van der Waals surface area contributed by atoms with Crippen LogP contribution < -0.4 is 10.6 Å². The maximum Gasteiger partial charge on any atom is 0.230 e. The number of para-hydroxylation sites is 2. The van der Waals surface area contributed by atoms with Gasteiger partial charge in [-0.1, -0.05) is 47.6 Å². The van der Waals surface area contributed by atoms with E-state index in [0.29, 0.717) is 36.5 Å². The van der Waals surface area contributed by atoms with E-state index in [2.05, 4.69) is 10.6 Å². The number of halogens is 1. The van der Waals surface area contributed by atoms with Crippen molar-refractivity contribution in [2.75, 3.05) is 10.6 Å². The Labute approximate surface area is 247 Å². The van der Waals surface area contributed by atoms with Gasteiger partial charge in [-0.2, -0.15) is 0 Å². The molecule has 0 aromatic heterocycles. The number of nitrogens with one attached hydrogen (secondary N) is 2. The Morgan fingerprint density at radius 1 is 0.610 bits per heavy atom. The number of amides is 2. The molecule has 8 aliphatic rings. The van der Waals surface area contributed by atoms with Crippen LogP contribution in [-0.4, -0.2) is 22.1 Å². The van der Waals surface area contributed by atoms with E-state index in [1.165, 1.54) is 0 Å². The third kappa shape index (κ3) is 3.90. The first-order chi connectivity index (χ1) is 19.6. The molecule has 2 N–H and O–H groups in total. The minimum atomic E-state index is -3.31. The SMILES string of the molecule is O=C(Nc1ccccc1)C12C[C@H]3C[C@@H](C1)CC(P(=O)(Cl)C14C[C@H]5C[C@@H](CC(C(=O)Nc6ccccc6)(C5)C1)C4)(C3)C2. The molecule has 8 fully saturated rings.